The van der Waals surface area contributed by atoms with E-state index in [0.29, 0.717) is 43.8 Å². The molecule has 0 saturated carbocycles. The summed E-state index contributed by atoms with van der Waals surface area (Å²) in [4.78, 5) is 20.5. The molecule has 2 aromatic heterocycles. The Bertz CT molecular complexity index is 813. The van der Waals surface area contributed by atoms with Crippen molar-refractivity contribution in [3.63, 3.8) is 0 Å². The number of hydrogen-bond donors (Lipinski definition) is 2. The molecule has 1 aliphatic rings. The monoisotopic (exact) mass is 312 g/mol. The summed E-state index contributed by atoms with van der Waals surface area (Å²) >= 11 is 0. The summed E-state index contributed by atoms with van der Waals surface area (Å²) in [7, 11) is 0. The van der Waals surface area contributed by atoms with Gasteiger partial charge in [0.1, 0.15) is 5.58 Å². The van der Waals surface area contributed by atoms with Crippen LogP contribution in [0.1, 0.15) is 10.6 Å². The zero-order valence-electron chi connectivity index (χ0n) is 12.4. The molecule has 3 heterocycles. The molecule has 118 valence electrons. The van der Waals surface area contributed by atoms with Gasteiger partial charge in [0.25, 0.3) is 5.91 Å². The number of piperazine rings is 1. The average molecular weight is 312 g/mol. The number of para-hydroxylation sites is 1. The Morgan fingerprint density at radius 1 is 1.22 bits per heavy atom. The van der Waals surface area contributed by atoms with Gasteiger partial charge in [0.15, 0.2) is 5.76 Å². The summed E-state index contributed by atoms with van der Waals surface area (Å²) in [6, 6.07) is 9.40. The standard InChI is InChI=1S/C15H16N6O2/c16-14-17-15(19-18-14)21-7-5-20(6-8-21)13(22)12-9-10-3-1-2-4-11(10)23-12/h1-4,9H,5-8H2,(H3,16,17,18,19). The number of carbonyl (C=O) groups is 1. The molecule has 0 atom stereocenters. The minimum atomic E-state index is -0.0876. The third kappa shape index (κ3) is 2.48. The maximum absolute atomic E-state index is 12.6. The first kappa shape index (κ1) is 13.6. The van der Waals surface area contributed by atoms with Gasteiger partial charge in [-0.25, -0.2) is 5.10 Å². The van der Waals surface area contributed by atoms with Gasteiger partial charge in [0, 0.05) is 31.6 Å². The van der Waals surface area contributed by atoms with Gasteiger partial charge in [0.05, 0.1) is 0 Å². The smallest absolute Gasteiger partial charge is 0.289 e. The number of benzene rings is 1. The Labute approximate surface area is 131 Å². The summed E-state index contributed by atoms with van der Waals surface area (Å²) in [6.45, 7) is 2.49. The van der Waals surface area contributed by atoms with Gasteiger partial charge in [-0.05, 0) is 12.1 Å². The van der Waals surface area contributed by atoms with E-state index in [1.165, 1.54) is 0 Å². The minimum Gasteiger partial charge on any atom is -0.451 e. The third-order valence-electron chi connectivity index (χ3n) is 3.98. The van der Waals surface area contributed by atoms with Gasteiger partial charge >= 0.3 is 0 Å². The second kappa shape index (κ2) is 5.31. The lowest BCUT2D eigenvalue weighted by Crippen LogP contribution is -2.49. The van der Waals surface area contributed by atoms with Gasteiger partial charge in [-0.2, -0.15) is 4.98 Å². The number of nitrogens with zero attached hydrogens (tertiary/aromatic N) is 4. The van der Waals surface area contributed by atoms with E-state index in [4.69, 9.17) is 10.2 Å². The third-order valence-corrected chi connectivity index (χ3v) is 3.98. The lowest BCUT2D eigenvalue weighted by Gasteiger charge is -2.33. The Morgan fingerprint density at radius 2 is 2.00 bits per heavy atom. The highest BCUT2D eigenvalue weighted by Crippen LogP contribution is 2.21. The van der Waals surface area contributed by atoms with Crippen LogP contribution in [0.4, 0.5) is 11.9 Å². The van der Waals surface area contributed by atoms with E-state index >= 15 is 0 Å². The fraction of sp³-hybridized carbons (Fsp3) is 0.267. The van der Waals surface area contributed by atoms with Crippen molar-refractivity contribution in [3.05, 3.63) is 36.1 Å². The zero-order valence-corrected chi connectivity index (χ0v) is 12.4. The van der Waals surface area contributed by atoms with Crippen LogP contribution in [-0.2, 0) is 0 Å². The Balaban J connectivity index is 1.46. The topological polar surface area (TPSA) is 104 Å². The summed E-state index contributed by atoms with van der Waals surface area (Å²) in [5.74, 6) is 1.15. The summed E-state index contributed by atoms with van der Waals surface area (Å²) in [5, 5.41) is 7.60. The minimum absolute atomic E-state index is 0.0876. The van der Waals surface area contributed by atoms with Gasteiger partial charge in [-0.3, -0.25) is 4.79 Å². The van der Waals surface area contributed by atoms with Crippen LogP contribution in [0.5, 0.6) is 0 Å². The van der Waals surface area contributed by atoms with Gasteiger partial charge in [0.2, 0.25) is 11.9 Å². The van der Waals surface area contributed by atoms with Crippen molar-refractivity contribution in [1.82, 2.24) is 20.1 Å². The van der Waals surface area contributed by atoms with Crippen molar-refractivity contribution >= 4 is 28.8 Å². The van der Waals surface area contributed by atoms with Gasteiger partial charge < -0.3 is 20.0 Å². The Morgan fingerprint density at radius 3 is 2.70 bits per heavy atom. The fourth-order valence-corrected chi connectivity index (χ4v) is 2.76. The molecular weight excluding hydrogens is 296 g/mol. The first-order chi connectivity index (χ1) is 11.2. The van der Waals surface area contributed by atoms with E-state index in [0.717, 1.165) is 11.0 Å². The molecule has 0 spiro atoms. The van der Waals surface area contributed by atoms with Crippen LogP contribution >= 0.6 is 0 Å². The second-order valence-corrected chi connectivity index (χ2v) is 5.45. The SMILES string of the molecule is Nc1nc(N2CCN(C(=O)c3cc4ccccc4o3)CC2)n[nH]1. The largest absolute Gasteiger partial charge is 0.451 e. The predicted octanol–water partition coefficient (Wildman–Crippen LogP) is 1.10. The van der Waals surface area contributed by atoms with Crippen molar-refractivity contribution in [2.75, 3.05) is 36.8 Å². The normalized spacial score (nSPS) is 15.3. The molecule has 23 heavy (non-hydrogen) atoms. The lowest BCUT2D eigenvalue weighted by atomic mass is 10.2. The molecule has 0 aliphatic carbocycles. The Kier molecular flexibility index (Phi) is 3.14. The lowest BCUT2D eigenvalue weighted by molar-refractivity contribution is 0.0716. The molecule has 1 aromatic carbocycles. The molecule has 8 nitrogen and oxygen atoms in total. The van der Waals surface area contributed by atoms with Crippen LogP contribution in [0.15, 0.2) is 34.7 Å². The molecule has 8 heteroatoms. The summed E-state index contributed by atoms with van der Waals surface area (Å²) < 4.78 is 5.65. The van der Waals surface area contributed by atoms with Crippen LogP contribution in [0.3, 0.4) is 0 Å². The first-order valence-corrected chi connectivity index (χ1v) is 7.41. The summed E-state index contributed by atoms with van der Waals surface area (Å²) in [6.07, 6.45) is 0. The predicted molar refractivity (Wildman–Crippen MR) is 85.1 cm³/mol. The van der Waals surface area contributed by atoms with Crippen molar-refractivity contribution in [2.45, 2.75) is 0 Å². The molecule has 3 N–H and O–H groups in total. The van der Waals surface area contributed by atoms with Crippen LogP contribution in [-0.4, -0.2) is 52.2 Å². The van der Waals surface area contributed by atoms with E-state index in [2.05, 4.69) is 15.2 Å². The van der Waals surface area contributed by atoms with Gasteiger partial charge in [-0.1, -0.05) is 18.2 Å². The van der Waals surface area contributed by atoms with E-state index in [1.807, 2.05) is 29.2 Å². The van der Waals surface area contributed by atoms with Crippen molar-refractivity contribution in [3.8, 4) is 0 Å². The number of amides is 1. The number of fused-ring (bicyclic) bond motifs is 1. The number of aromatic nitrogens is 3. The molecule has 1 amide bonds. The highest BCUT2D eigenvalue weighted by atomic mass is 16.3. The number of nitrogen functional groups attached to an aromatic ring is 1. The number of rotatable bonds is 2. The highest BCUT2D eigenvalue weighted by molar-refractivity contribution is 5.96. The molecular formula is C15H16N6O2. The van der Waals surface area contributed by atoms with Crippen molar-refractivity contribution < 1.29 is 9.21 Å². The molecule has 3 aromatic rings. The van der Waals surface area contributed by atoms with E-state index < -0.39 is 0 Å². The number of anilines is 2. The molecule has 1 aliphatic heterocycles. The number of carbonyl (C=O) groups excluding carboxylic acids is 1. The van der Waals surface area contributed by atoms with E-state index in [9.17, 15) is 4.79 Å². The maximum atomic E-state index is 12.6. The number of hydrogen-bond acceptors (Lipinski definition) is 6. The fourth-order valence-electron chi connectivity index (χ4n) is 2.76. The quantitative estimate of drug-likeness (QED) is 0.734. The van der Waals surface area contributed by atoms with Crippen LogP contribution in [0, 0.1) is 0 Å². The van der Waals surface area contributed by atoms with Gasteiger partial charge in [-0.15, -0.1) is 5.10 Å². The average Bonchev–Trinajstić information content (AvgIpc) is 3.20. The Hall–Kier alpha value is -3.03. The van der Waals surface area contributed by atoms with E-state index in [1.54, 1.807) is 11.0 Å². The van der Waals surface area contributed by atoms with Crippen LogP contribution < -0.4 is 10.6 Å². The van der Waals surface area contributed by atoms with Crippen molar-refractivity contribution in [1.29, 1.82) is 0 Å². The molecule has 4 rings (SSSR count). The van der Waals surface area contributed by atoms with Crippen molar-refractivity contribution in [2.24, 2.45) is 0 Å². The second-order valence-electron chi connectivity index (χ2n) is 5.45. The highest BCUT2D eigenvalue weighted by Gasteiger charge is 2.26. The maximum Gasteiger partial charge on any atom is 0.289 e. The van der Waals surface area contributed by atoms with Crippen LogP contribution in [0.25, 0.3) is 11.0 Å². The molecule has 1 saturated heterocycles. The zero-order chi connectivity index (χ0) is 15.8. The summed E-state index contributed by atoms with van der Waals surface area (Å²) in [5.41, 5.74) is 6.27. The number of aromatic amines is 1. The molecule has 1 fully saturated rings. The number of nitrogens with one attached hydrogen (secondary N) is 1. The molecule has 0 radical (unpaired) electrons. The number of nitrogens with two attached hydrogens (primary N) is 1. The van der Waals surface area contributed by atoms with E-state index in [-0.39, 0.29) is 5.91 Å². The molecule has 0 bridgehead atoms. The number of H-pyrrole nitrogens is 1. The first-order valence-electron chi connectivity index (χ1n) is 7.41. The van der Waals surface area contributed by atoms with Crippen LogP contribution in [0.2, 0.25) is 0 Å². The molecule has 0 unspecified atom stereocenters. The number of furan rings is 1.